The van der Waals surface area contributed by atoms with Gasteiger partial charge >= 0.3 is 0 Å². The fourth-order valence-corrected chi connectivity index (χ4v) is 0.839. The predicted octanol–water partition coefficient (Wildman–Crippen LogP) is 0.683. The van der Waals surface area contributed by atoms with Crippen molar-refractivity contribution in [2.45, 2.75) is 13.8 Å². The molecular formula is C8H12N2O4S. The van der Waals surface area contributed by atoms with Crippen LogP contribution in [0.3, 0.4) is 0 Å². The summed E-state index contributed by atoms with van der Waals surface area (Å²) in [5, 5.41) is 14.3. The molecule has 0 spiro atoms. The minimum Gasteiger partial charge on any atom is -0.258 e. The van der Waals surface area contributed by atoms with Crippen molar-refractivity contribution in [3.63, 3.8) is 0 Å². The van der Waals surface area contributed by atoms with Crippen LogP contribution in [0, 0.1) is 24.0 Å². The van der Waals surface area contributed by atoms with Gasteiger partial charge in [-0.05, 0) is 25.0 Å². The largest absolute Gasteiger partial charge is 0.269 e. The molecule has 0 atom stereocenters. The van der Waals surface area contributed by atoms with Crippen molar-refractivity contribution in [3.05, 3.63) is 39.4 Å². The third kappa shape index (κ3) is 5.76. The number of nitro groups is 1. The average Bonchev–Trinajstić information content (AvgIpc) is 2.08. The molecule has 0 aliphatic rings. The number of nitro benzene ring substituents is 1. The number of rotatable bonds is 1. The molecule has 1 rings (SSSR count). The van der Waals surface area contributed by atoms with Crippen molar-refractivity contribution in [3.8, 4) is 0 Å². The molecule has 0 fully saturated rings. The standard InChI is InChI=1S/C8H9NO2.H3NO2S/c1-6-3-4-8(9(10)11)5-7(6)2;1-4(2)3/h3-5H,1-2H3;4H,(H2,1,2,3). The van der Waals surface area contributed by atoms with Crippen LogP contribution in [0.15, 0.2) is 18.2 Å². The Hall–Kier alpha value is -1.47. The number of nitrogens with zero attached hydrogens (tertiary/aromatic N) is 1. The Morgan fingerprint density at radius 2 is 1.73 bits per heavy atom. The van der Waals surface area contributed by atoms with Crippen molar-refractivity contribution in [1.82, 2.24) is 0 Å². The molecule has 0 aliphatic heterocycles. The Bertz CT molecular complexity index is 421. The molecule has 15 heavy (non-hydrogen) atoms. The monoisotopic (exact) mass is 232 g/mol. The first-order valence-corrected chi connectivity index (χ1v) is 5.20. The van der Waals surface area contributed by atoms with E-state index in [-0.39, 0.29) is 10.6 Å². The number of nitrogens with two attached hydrogens (primary N) is 1. The third-order valence-corrected chi connectivity index (χ3v) is 1.70. The summed E-state index contributed by atoms with van der Waals surface area (Å²) in [6, 6.07) is 4.85. The molecule has 0 unspecified atom stereocenters. The minimum absolute atomic E-state index is 0.160. The first kappa shape index (κ1) is 13.5. The molecule has 1 aromatic carbocycles. The van der Waals surface area contributed by atoms with Crippen LogP contribution in [0.5, 0.6) is 0 Å². The summed E-state index contributed by atoms with van der Waals surface area (Å²) in [4.78, 5) is 9.89. The van der Waals surface area contributed by atoms with Crippen LogP contribution in [0.2, 0.25) is 0 Å². The van der Waals surface area contributed by atoms with Gasteiger partial charge in [0, 0.05) is 12.1 Å². The molecule has 0 saturated carbocycles. The van der Waals surface area contributed by atoms with E-state index in [2.05, 4.69) is 5.14 Å². The Labute approximate surface area is 89.0 Å². The summed E-state index contributed by atoms with van der Waals surface area (Å²) in [7, 11) is -2.62. The van der Waals surface area contributed by atoms with Crippen molar-refractivity contribution in [1.29, 1.82) is 0 Å². The van der Waals surface area contributed by atoms with Gasteiger partial charge in [-0.1, -0.05) is 6.07 Å². The SMILES string of the molecule is Cc1ccc([N+](=O)[O-])cc1C.N[SH](=O)=O. The van der Waals surface area contributed by atoms with E-state index in [0.717, 1.165) is 11.1 Å². The highest BCUT2D eigenvalue weighted by Gasteiger charge is 2.04. The quantitative estimate of drug-likeness (QED) is 0.422. The molecule has 7 heteroatoms. The van der Waals surface area contributed by atoms with Crippen LogP contribution in [-0.2, 0) is 10.9 Å². The maximum absolute atomic E-state index is 10.3. The Morgan fingerprint density at radius 1 is 1.27 bits per heavy atom. The van der Waals surface area contributed by atoms with E-state index in [1.165, 1.54) is 6.07 Å². The molecule has 6 nitrogen and oxygen atoms in total. The van der Waals surface area contributed by atoms with Crippen molar-refractivity contribution >= 4 is 16.6 Å². The lowest BCUT2D eigenvalue weighted by atomic mass is 10.1. The lowest BCUT2D eigenvalue weighted by Gasteiger charge is -1.97. The summed E-state index contributed by atoms with van der Waals surface area (Å²) >= 11 is 0. The summed E-state index contributed by atoms with van der Waals surface area (Å²) in [5.41, 5.74) is 2.20. The molecule has 84 valence electrons. The molecule has 0 aliphatic carbocycles. The van der Waals surface area contributed by atoms with Crippen LogP contribution < -0.4 is 5.14 Å². The molecule has 0 aromatic heterocycles. The van der Waals surface area contributed by atoms with Crippen LogP contribution in [-0.4, -0.2) is 13.3 Å². The topological polar surface area (TPSA) is 103 Å². The molecule has 0 saturated heterocycles. The van der Waals surface area contributed by atoms with Crippen LogP contribution in [0.4, 0.5) is 5.69 Å². The van der Waals surface area contributed by atoms with Crippen molar-refractivity contribution in [2.24, 2.45) is 5.14 Å². The van der Waals surface area contributed by atoms with E-state index in [1.54, 1.807) is 12.1 Å². The zero-order valence-electron chi connectivity index (χ0n) is 8.34. The van der Waals surface area contributed by atoms with E-state index in [1.807, 2.05) is 13.8 Å². The van der Waals surface area contributed by atoms with E-state index in [4.69, 9.17) is 8.42 Å². The fraction of sp³-hybridized carbons (Fsp3) is 0.250. The predicted molar refractivity (Wildman–Crippen MR) is 57.1 cm³/mol. The van der Waals surface area contributed by atoms with Gasteiger partial charge in [-0.2, -0.15) is 0 Å². The van der Waals surface area contributed by atoms with E-state index in [9.17, 15) is 10.1 Å². The minimum atomic E-state index is -2.62. The highest BCUT2D eigenvalue weighted by Crippen LogP contribution is 2.15. The van der Waals surface area contributed by atoms with Crippen LogP contribution in [0.25, 0.3) is 0 Å². The lowest BCUT2D eigenvalue weighted by molar-refractivity contribution is -0.384. The first-order valence-electron chi connectivity index (χ1n) is 3.95. The summed E-state index contributed by atoms with van der Waals surface area (Å²) in [5.74, 6) is 0. The Kier molecular flexibility index (Phi) is 5.50. The second-order valence-corrected chi connectivity index (χ2v) is 3.38. The number of benzene rings is 1. The maximum Gasteiger partial charge on any atom is 0.269 e. The van der Waals surface area contributed by atoms with Crippen LogP contribution >= 0.6 is 0 Å². The van der Waals surface area contributed by atoms with Gasteiger partial charge < -0.3 is 0 Å². The molecule has 0 radical (unpaired) electrons. The second-order valence-electron chi connectivity index (χ2n) is 2.81. The third-order valence-electron chi connectivity index (χ3n) is 1.70. The second kappa shape index (κ2) is 6.10. The zero-order chi connectivity index (χ0) is 12.0. The smallest absolute Gasteiger partial charge is 0.258 e. The Morgan fingerprint density at radius 3 is 2.07 bits per heavy atom. The summed E-state index contributed by atoms with van der Waals surface area (Å²) < 4.78 is 17.6. The van der Waals surface area contributed by atoms with E-state index >= 15 is 0 Å². The molecule has 0 amide bonds. The summed E-state index contributed by atoms with van der Waals surface area (Å²) in [6.07, 6.45) is 0. The number of thiol groups is 1. The fourth-order valence-electron chi connectivity index (χ4n) is 0.839. The van der Waals surface area contributed by atoms with Gasteiger partial charge in [0.1, 0.15) is 0 Å². The van der Waals surface area contributed by atoms with Crippen LogP contribution in [0.1, 0.15) is 11.1 Å². The van der Waals surface area contributed by atoms with Gasteiger partial charge in [0.05, 0.1) is 4.92 Å². The number of non-ortho nitro benzene ring substituents is 1. The average molecular weight is 232 g/mol. The van der Waals surface area contributed by atoms with Crippen molar-refractivity contribution in [2.75, 3.05) is 0 Å². The highest BCUT2D eigenvalue weighted by atomic mass is 32.2. The van der Waals surface area contributed by atoms with Gasteiger partial charge in [-0.3, -0.25) is 10.1 Å². The van der Waals surface area contributed by atoms with Gasteiger partial charge in [0.25, 0.3) is 5.69 Å². The van der Waals surface area contributed by atoms with Gasteiger partial charge in [0.2, 0.25) is 0 Å². The number of hydrogen-bond donors (Lipinski definition) is 2. The highest BCUT2D eigenvalue weighted by molar-refractivity contribution is 7.69. The van der Waals surface area contributed by atoms with Gasteiger partial charge in [0.15, 0.2) is 10.9 Å². The van der Waals surface area contributed by atoms with Crippen molar-refractivity contribution < 1.29 is 13.3 Å². The van der Waals surface area contributed by atoms with E-state index in [0.29, 0.717) is 0 Å². The van der Waals surface area contributed by atoms with Gasteiger partial charge in [-0.25, -0.2) is 13.6 Å². The Balaban J connectivity index is 0.000000423. The lowest BCUT2D eigenvalue weighted by Crippen LogP contribution is -1.89. The molecule has 1 aromatic rings. The molecular weight excluding hydrogens is 220 g/mol. The normalized spacial score (nSPS) is 9.33. The molecule has 2 N–H and O–H groups in total. The number of hydrogen-bond acceptors (Lipinski definition) is 4. The first-order chi connectivity index (χ1) is 6.84. The van der Waals surface area contributed by atoms with E-state index < -0.39 is 10.9 Å². The molecule has 0 heterocycles. The summed E-state index contributed by atoms with van der Waals surface area (Å²) in [6.45, 7) is 3.79. The number of aryl methyl sites for hydroxylation is 2. The maximum atomic E-state index is 10.3. The zero-order valence-corrected chi connectivity index (χ0v) is 9.23. The molecule has 0 bridgehead atoms. The van der Waals surface area contributed by atoms with Gasteiger partial charge in [-0.15, -0.1) is 0 Å².